The van der Waals surface area contributed by atoms with Gasteiger partial charge in [-0.3, -0.25) is 0 Å². The standard InChI is InChI=1S/C16H27NO2/c1-5-12(3)11-19-15-8-7-14(9-13(4)17)10-16(15)18-6-2/h7-8,10,12-13H,5-6,9,11,17H2,1-4H3. The maximum Gasteiger partial charge on any atom is 0.161 e. The van der Waals surface area contributed by atoms with Gasteiger partial charge >= 0.3 is 0 Å². The van der Waals surface area contributed by atoms with E-state index in [4.69, 9.17) is 15.2 Å². The quantitative estimate of drug-likeness (QED) is 0.783. The molecule has 3 nitrogen and oxygen atoms in total. The Bertz CT molecular complexity index is 377. The molecule has 0 aliphatic heterocycles. The molecular formula is C16H27NO2. The van der Waals surface area contributed by atoms with Gasteiger partial charge in [-0.1, -0.05) is 26.3 Å². The zero-order valence-corrected chi connectivity index (χ0v) is 12.6. The molecule has 0 saturated heterocycles. The highest BCUT2D eigenvalue weighted by atomic mass is 16.5. The summed E-state index contributed by atoms with van der Waals surface area (Å²) in [6.45, 7) is 9.71. The van der Waals surface area contributed by atoms with Gasteiger partial charge in [-0.15, -0.1) is 0 Å². The summed E-state index contributed by atoms with van der Waals surface area (Å²) in [4.78, 5) is 0. The SMILES string of the molecule is CCOc1cc(CC(C)N)ccc1OCC(C)CC. The van der Waals surface area contributed by atoms with Crippen LogP contribution in [0.15, 0.2) is 18.2 Å². The first-order valence-corrected chi connectivity index (χ1v) is 7.20. The van der Waals surface area contributed by atoms with Gasteiger partial charge in [0.1, 0.15) is 0 Å². The predicted octanol–water partition coefficient (Wildman–Crippen LogP) is 3.40. The second-order valence-electron chi connectivity index (χ2n) is 5.22. The molecule has 1 aromatic rings. The minimum atomic E-state index is 0.154. The topological polar surface area (TPSA) is 44.5 Å². The maximum atomic E-state index is 5.85. The summed E-state index contributed by atoms with van der Waals surface area (Å²) >= 11 is 0. The lowest BCUT2D eigenvalue weighted by Crippen LogP contribution is -2.17. The highest BCUT2D eigenvalue weighted by Gasteiger charge is 2.09. The monoisotopic (exact) mass is 265 g/mol. The first-order valence-electron chi connectivity index (χ1n) is 7.20. The van der Waals surface area contributed by atoms with Crippen molar-refractivity contribution in [2.45, 2.75) is 46.6 Å². The molecule has 1 rings (SSSR count). The van der Waals surface area contributed by atoms with Crippen molar-refractivity contribution in [3.63, 3.8) is 0 Å². The van der Waals surface area contributed by atoms with Crippen molar-refractivity contribution in [2.24, 2.45) is 11.7 Å². The molecular weight excluding hydrogens is 238 g/mol. The molecule has 0 radical (unpaired) electrons. The van der Waals surface area contributed by atoms with E-state index < -0.39 is 0 Å². The molecule has 0 fully saturated rings. The zero-order valence-electron chi connectivity index (χ0n) is 12.6. The lowest BCUT2D eigenvalue weighted by molar-refractivity contribution is 0.237. The predicted molar refractivity (Wildman–Crippen MR) is 79.9 cm³/mol. The molecule has 0 spiro atoms. The largest absolute Gasteiger partial charge is 0.490 e. The minimum Gasteiger partial charge on any atom is -0.490 e. The van der Waals surface area contributed by atoms with Crippen molar-refractivity contribution in [1.29, 1.82) is 0 Å². The third-order valence-corrected chi connectivity index (χ3v) is 3.09. The maximum absolute atomic E-state index is 5.85. The first-order chi connectivity index (χ1) is 9.06. The van der Waals surface area contributed by atoms with Gasteiger partial charge in [0.05, 0.1) is 13.2 Å². The summed E-state index contributed by atoms with van der Waals surface area (Å²) < 4.78 is 11.5. The van der Waals surface area contributed by atoms with Crippen LogP contribution < -0.4 is 15.2 Å². The van der Waals surface area contributed by atoms with Gasteiger partial charge in [0.2, 0.25) is 0 Å². The van der Waals surface area contributed by atoms with Crippen molar-refractivity contribution in [2.75, 3.05) is 13.2 Å². The Hall–Kier alpha value is -1.22. The van der Waals surface area contributed by atoms with Crippen molar-refractivity contribution in [3.8, 4) is 11.5 Å². The molecule has 0 saturated carbocycles. The van der Waals surface area contributed by atoms with Crippen molar-refractivity contribution < 1.29 is 9.47 Å². The van der Waals surface area contributed by atoms with E-state index in [2.05, 4.69) is 19.9 Å². The molecule has 0 heterocycles. The van der Waals surface area contributed by atoms with Gasteiger partial charge in [-0.25, -0.2) is 0 Å². The van der Waals surface area contributed by atoms with Crippen LogP contribution in [0.1, 0.15) is 39.7 Å². The van der Waals surface area contributed by atoms with Gasteiger partial charge in [-0.2, -0.15) is 0 Å². The summed E-state index contributed by atoms with van der Waals surface area (Å²) in [7, 11) is 0. The first kappa shape index (κ1) is 15.8. The molecule has 108 valence electrons. The molecule has 2 N–H and O–H groups in total. The van der Waals surface area contributed by atoms with E-state index in [9.17, 15) is 0 Å². The van der Waals surface area contributed by atoms with Gasteiger partial charge < -0.3 is 15.2 Å². The normalized spacial score (nSPS) is 13.9. The number of rotatable bonds is 8. The van der Waals surface area contributed by atoms with E-state index in [1.807, 2.05) is 26.0 Å². The Morgan fingerprint density at radius 3 is 2.42 bits per heavy atom. The van der Waals surface area contributed by atoms with Crippen LogP contribution in [-0.2, 0) is 6.42 Å². The molecule has 2 atom stereocenters. The lowest BCUT2D eigenvalue weighted by Gasteiger charge is -2.16. The second kappa shape index (κ2) is 8.05. The molecule has 3 heteroatoms. The van der Waals surface area contributed by atoms with E-state index in [1.165, 1.54) is 5.56 Å². The molecule has 2 unspecified atom stereocenters. The number of nitrogens with two attached hydrogens (primary N) is 1. The molecule has 19 heavy (non-hydrogen) atoms. The second-order valence-corrected chi connectivity index (χ2v) is 5.22. The van der Waals surface area contributed by atoms with Crippen LogP contribution in [0.5, 0.6) is 11.5 Å². The van der Waals surface area contributed by atoms with Gasteiger partial charge in [0.25, 0.3) is 0 Å². The summed E-state index contributed by atoms with van der Waals surface area (Å²) in [5, 5.41) is 0. The average Bonchev–Trinajstić information content (AvgIpc) is 2.37. The third-order valence-electron chi connectivity index (χ3n) is 3.09. The van der Waals surface area contributed by atoms with Gasteiger partial charge in [0.15, 0.2) is 11.5 Å². The third kappa shape index (κ3) is 5.52. The molecule has 0 aliphatic carbocycles. The molecule has 0 bridgehead atoms. The molecule has 0 aliphatic rings. The average molecular weight is 265 g/mol. The molecule has 0 amide bonds. The summed E-state index contributed by atoms with van der Waals surface area (Å²) in [6.07, 6.45) is 1.97. The minimum absolute atomic E-state index is 0.154. The fraction of sp³-hybridized carbons (Fsp3) is 0.625. The number of hydrogen-bond acceptors (Lipinski definition) is 3. The number of benzene rings is 1. The Morgan fingerprint density at radius 1 is 1.11 bits per heavy atom. The summed E-state index contributed by atoms with van der Waals surface area (Å²) in [6, 6.07) is 6.25. The van der Waals surface area contributed by atoms with E-state index in [-0.39, 0.29) is 6.04 Å². The van der Waals surface area contributed by atoms with Crippen LogP contribution in [0.25, 0.3) is 0 Å². The van der Waals surface area contributed by atoms with Crippen molar-refractivity contribution in [1.82, 2.24) is 0 Å². The Morgan fingerprint density at radius 2 is 1.84 bits per heavy atom. The van der Waals surface area contributed by atoms with E-state index >= 15 is 0 Å². The van der Waals surface area contributed by atoms with Gasteiger partial charge in [0, 0.05) is 6.04 Å². The van der Waals surface area contributed by atoms with Crippen molar-refractivity contribution in [3.05, 3.63) is 23.8 Å². The van der Waals surface area contributed by atoms with E-state index in [0.29, 0.717) is 12.5 Å². The number of hydrogen-bond donors (Lipinski definition) is 1. The highest BCUT2D eigenvalue weighted by molar-refractivity contribution is 5.43. The summed E-state index contributed by atoms with van der Waals surface area (Å²) in [5.41, 5.74) is 7.02. The number of ether oxygens (including phenoxy) is 2. The van der Waals surface area contributed by atoms with E-state index in [0.717, 1.165) is 30.9 Å². The smallest absolute Gasteiger partial charge is 0.161 e. The van der Waals surface area contributed by atoms with E-state index in [1.54, 1.807) is 0 Å². The van der Waals surface area contributed by atoms with Crippen molar-refractivity contribution >= 4 is 0 Å². The van der Waals surface area contributed by atoms with Gasteiger partial charge in [-0.05, 0) is 43.9 Å². The Labute approximate surface area is 117 Å². The fourth-order valence-electron chi connectivity index (χ4n) is 1.79. The molecule has 1 aromatic carbocycles. The van der Waals surface area contributed by atoms with Crippen LogP contribution in [0.4, 0.5) is 0 Å². The van der Waals surface area contributed by atoms with Crippen LogP contribution in [0.2, 0.25) is 0 Å². The van der Waals surface area contributed by atoms with Crippen LogP contribution in [0, 0.1) is 5.92 Å². The lowest BCUT2D eigenvalue weighted by atomic mass is 10.1. The molecule has 0 aromatic heterocycles. The van der Waals surface area contributed by atoms with Crippen LogP contribution in [-0.4, -0.2) is 19.3 Å². The zero-order chi connectivity index (χ0) is 14.3. The Balaban J connectivity index is 2.78. The Kier molecular flexibility index (Phi) is 6.71. The van der Waals surface area contributed by atoms with Crippen LogP contribution in [0.3, 0.4) is 0 Å². The van der Waals surface area contributed by atoms with Crippen LogP contribution >= 0.6 is 0 Å². The highest BCUT2D eigenvalue weighted by Crippen LogP contribution is 2.29. The fourth-order valence-corrected chi connectivity index (χ4v) is 1.79. The summed E-state index contributed by atoms with van der Waals surface area (Å²) in [5.74, 6) is 2.21.